The van der Waals surface area contributed by atoms with Crippen molar-refractivity contribution in [1.29, 1.82) is 0 Å². The molecule has 0 bridgehead atoms. The Morgan fingerprint density at radius 1 is 1.47 bits per heavy atom. The number of aromatic nitrogens is 2. The van der Waals surface area contributed by atoms with Crippen LogP contribution >= 0.6 is 11.6 Å². The normalized spacial score (nSPS) is 16.1. The first kappa shape index (κ1) is 9.22. The lowest BCUT2D eigenvalue weighted by atomic mass is 10.2. The van der Waals surface area contributed by atoms with Crippen molar-refractivity contribution in [3.63, 3.8) is 0 Å². The number of fused-ring (bicyclic) bond motifs is 1. The number of imidazole rings is 1. The zero-order valence-electron chi connectivity index (χ0n) is 8.70. The standard InChI is InChI=1S/C12H13ClN2/c1-8-3-2-4-10-12(8)14-11(7-13)15(10)9-5-6-9/h2-4,9H,5-7H2,1H3. The van der Waals surface area contributed by atoms with Gasteiger partial charge in [-0.15, -0.1) is 11.6 Å². The highest BCUT2D eigenvalue weighted by Gasteiger charge is 2.27. The molecule has 0 unspecified atom stereocenters. The SMILES string of the molecule is Cc1cccc2c1nc(CCl)n2C1CC1. The van der Waals surface area contributed by atoms with E-state index in [1.54, 1.807) is 0 Å². The van der Waals surface area contributed by atoms with Crippen LogP contribution in [-0.4, -0.2) is 9.55 Å². The first-order chi connectivity index (χ1) is 7.31. The second-order valence-corrected chi connectivity index (χ2v) is 4.47. The zero-order chi connectivity index (χ0) is 10.4. The van der Waals surface area contributed by atoms with E-state index < -0.39 is 0 Å². The fourth-order valence-electron chi connectivity index (χ4n) is 2.14. The first-order valence-electron chi connectivity index (χ1n) is 5.33. The summed E-state index contributed by atoms with van der Waals surface area (Å²) in [5.74, 6) is 1.52. The number of nitrogens with zero attached hydrogens (tertiary/aromatic N) is 2. The van der Waals surface area contributed by atoms with Gasteiger partial charge in [0.2, 0.25) is 0 Å². The van der Waals surface area contributed by atoms with Crippen LogP contribution in [0, 0.1) is 6.92 Å². The number of aryl methyl sites for hydroxylation is 1. The molecule has 15 heavy (non-hydrogen) atoms. The van der Waals surface area contributed by atoms with Gasteiger partial charge in [0.05, 0.1) is 16.9 Å². The Morgan fingerprint density at radius 2 is 2.27 bits per heavy atom. The minimum Gasteiger partial charge on any atom is -0.324 e. The van der Waals surface area contributed by atoms with Gasteiger partial charge in [-0.3, -0.25) is 0 Å². The minimum absolute atomic E-state index is 0.505. The molecule has 78 valence electrons. The predicted octanol–water partition coefficient (Wildman–Crippen LogP) is 3.42. The number of rotatable bonds is 2. The molecule has 1 aromatic carbocycles. The number of hydrogen-bond acceptors (Lipinski definition) is 1. The average Bonchev–Trinajstić information content (AvgIpc) is 3.00. The highest BCUT2D eigenvalue weighted by Crippen LogP contribution is 2.39. The number of para-hydroxylation sites is 1. The van der Waals surface area contributed by atoms with E-state index in [4.69, 9.17) is 11.6 Å². The fourth-order valence-corrected chi connectivity index (χ4v) is 2.33. The molecular formula is C12H13ClN2. The summed E-state index contributed by atoms with van der Waals surface area (Å²) in [6.45, 7) is 2.10. The summed E-state index contributed by atoms with van der Waals surface area (Å²) in [5, 5.41) is 0. The van der Waals surface area contributed by atoms with Crippen LogP contribution in [0.3, 0.4) is 0 Å². The van der Waals surface area contributed by atoms with Gasteiger partial charge < -0.3 is 4.57 Å². The summed E-state index contributed by atoms with van der Waals surface area (Å²) in [5.41, 5.74) is 3.59. The van der Waals surface area contributed by atoms with Gasteiger partial charge in [-0.1, -0.05) is 12.1 Å². The maximum atomic E-state index is 5.94. The Bertz CT molecular complexity index is 512. The Labute approximate surface area is 93.9 Å². The third-order valence-electron chi connectivity index (χ3n) is 3.03. The van der Waals surface area contributed by atoms with Crippen molar-refractivity contribution >= 4 is 22.6 Å². The van der Waals surface area contributed by atoms with Crippen LogP contribution < -0.4 is 0 Å². The summed E-state index contributed by atoms with van der Waals surface area (Å²) in [7, 11) is 0. The predicted molar refractivity (Wildman–Crippen MR) is 62.3 cm³/mol. The molecule has 3 rings (SSSR count). The van der Waals surface area contributed by atoms with Crippen LogP contribution in [0.1, 0.15) is 30.3 Å². The molecule has 2 nitrogen and oxygen atoms in total. The molecule has 0 atom stereocenters. The molecule has 0 spiro atoms. The molecule has 3 heteroatoms. The van der Waals surface area contributed by atoms with Crippen LogP contribution in [0.25, 0.3) is 11.0 Å². The van der Waals surface area contributed by atoms with Gasteiger partial charge in [0.1, 0.15) is 5.82 Å². The largest absolute Gasteiger partial charge is 0.324 e. The van der Waals surface area contributed by atoms with E-state index in [9.17, 15) is 0 Å². The summed E-state index contributed by atoms with van der Waals surface area (Å²) >= 11 is 5.94. The third kappa shape index (κ3) is 1.36. The minimum atomic E-state index is 0.505. The third-order valence-corrected chi connectivity index (χ3v) is 3.27. The highest BCUT2D eigenvalue weighted by molar-refractivity contribution is 6.16. The Balaban J connectivity index is 2.33. The van der Waals surface area contributed by atoms with Crippen LogP contribution in [0.2, 0.25) is 0 Å². The van der Waals surface area contributed by atoms with Gasteiger partial charge in [-0.25, -0.2) is 4.98 Å². The number of alkyl halides is 1. The lowest BCUT2D eigenvalue weighted by Crippen LogP contribution is -1.98. The number of halogens is 1. The lowest BCUT2D eigenvalue weighted by molar-refractivity contribution is 0.728. The highest BCUT2D eigenvalue weighted by atomic mass is 35.5. The molecule has 0 aliphatic heterocycles. The van der Waals surface area contributed by atoms with E-state index in [0.717, 1.165) is 11.3 Å². The van der Waals surface area contributed by atoms with E-state index in [1.807, 2.05) is 0 Å². The maximum Gasteiger partial charge on any atom is 0.125 e. The zero-order valence-corrected chi connectivity index (χ0v) is 9.46. The second-order valence-electron chi connectivity index (χ2n) is 4.21. The van der Waals surface area contributed by atoms with Crippen molar-refractivity contribution < 1.29 is 0 Å². The molecule has 1 heterocycles. The monoisotopic (exact) mass is 220 g/mol. The smallest absolute Gasteiger partial charge is 0.125 e. The molecule has 1 saturated carbocycles. The number of hydrogen-bond donors (Lipinski definition) is 0. The van der Waals surface area contributed by atoms with Gasteiger partial charge >= 0.3 is 0 Å². The molecule has 0 radical (unpaired) electrons. The summed E-state index contributed by atoms with van der Waals surface area (Å²) in [4.78, 5) is 4.62. The average molecular weight is 221 g/mol. The van der Waals surface area contributed by atoms with Crippen LogP contribution in [0.5, 0.6) is 0 Å². The Kier molecular flexibility index (Phi) is 1.99. The van der Waals surface area contributed by atoms with Gasteiger partial charge in [0, 0.05) is 6.04 Å². The molecule has 1 fully saturated rings. The van der Waals surface area contributed by atoms with Gasteiger partial charge in [-0.05, 0) is 31.4 Å². The van der Waals surface area contributed by atoms with Crippen LogP contribution in [-0.2, 0) is 5.88 Å². The van der Waals surface area contributed by atoms with Crippen molar-refractivity contribution in [2.45, 2.75) is 31.7 Å². The van der Waals surface area contributed by atoms with E-state index in [0.29, 0.717) is 11.9 Å². The van der Waals surface area contributed by atoms with E-state index >= 15 is 0 Å². The molecule has 0 amide bonds. The van der Waals surface area contributed by atoms with Gasteiger partial charge in [0.25, 0.3) is 0 Å². The fraction of sp³-hybridized carbons (Fsp3) is 0.417. The van der Waals surface area contributed by atoms with Crippen molar-refractivity contribution in [3.05, 3.63) is 29.6 Å². The molecule has 1 aromatic heterocycles. The van der Waals surface area contributed by atoms with Crippen molar-refractivity contribution in [3.8, 4) is 0 Å². The topological polar surface area (TPSA) is 17.8 Å². The quantitative estimate of drug-likeness (QED) is 0.710. The molecule has 0 N–H and O–H groups in total. The van der Waals surface area contributed by atoms with Crippen LogP contribution in [0.15, 0.2) is 18.2 Å². The summed E-state index contributed by atoms with van der Waals surface area (Å²) in [6, 6.07) is 6.98. The molecule has 1 aliphatic rings. The van der Waals surface area contributed by atoms with Gasteiger partial charge in [0.15, 0.2) is 0 Å². The molecule has 0 saturated heterocycles. The van der Waals surface area contributed by atoms with E-state index in [1.165, 1.54) is 23.9 Å². The summed E-state index contributed by atoms with van der Waals surface area (Å²) < 4.78 is 2.31. The van der Waals surface area contributed by atoms with Crippen molar-refractivity contribution in [1.82, 2.24) is 9.55 Å². The lowest BCUT2D eigenvalue weighted by Gasteiger charge is -2.04. The van der Waals surface area contributed by atoms with E-state index in [2.05, 4.69) is 34.7 Å². The number of benzene rings is 1. The maximum absolute atomic E-state index is 5.94. The molecule has 2 aromatic rings. The van der Waals surface area contributed by atoms with Crippen LogP contribution in [0.4, 0.5) is 0 Å². The molecular weight excluding hydrogens is 208 g/mol. The van der Waals surface area contributed by atoms with Gasteiger partial charge in [-0.2, -0.15) is 0 Å². The first-order valence-corrected chi connectivity index (χ1v) is 5.87. The Morgan fingerprint density at radius 3 is 2.93 bits per heavy atom. The van der Waals surface area contributed by atoms with E-state index in [-0.39, 0.29) is 0 Å². The second kappa shape index (κ2) is 3.24. The Hall–Kier alpha value is -1.02. The summed E-state index contributed by atoms with van der Waals surface area (Å²) in [6.07, 6.45) is 2.53. The van der Waals surface area contributed by atoms with Crippen molar-refractivity contribution in [2.24, 2.45) is 0 Å². The van der Waals surface area contributed by atoms with Crippen molar-refractivity contribution in [2.75, 3.05) is 0 Å². The molecule has 1 aliphatic carbocycles.